The Balaban J connectivity index is 1.61. The van der Waals surface area contributed by atoms with Gasteiger partial charge in [0.05, 0.1) is 28.0 Å². The Bertz CT molecular complexity index is 1180. The Labute approximate surface area is 172 Å². The monoisotopic (exact) mass is 410 g/mol. The topological polar surface area (TPSA) is 59.8 Å². The van der Waals surface area contributed by atoms with Gasteiger partial charge in [-0.15, -0.1) is 0 Å². The molecule has 28 heavy (non-hydrogen) atoms. The average molecular weight is 411 g/mol. The summed E-state index contributed by atoms with van der Waals surface area (Å²) < 4.78 is 2.70. The summed E-state index contributed by atoms with van der Waals surface area (Å²) in [5, 5.41) is 8.21. The molecule has 2 aromatic heterocycles. The van der Waals surface area contributed by atoms with Crippen molar-refractivity contribution in [1.82, 2.24) is 14.8 Å². The Hall–Kier alpha value is -2.70. The van der Waals surface area contributed by atoms with Crippen molar-refractivity contribution >= 4 is 44.2 Å². The van der Waals surface area contributed by atoms with Gasteiger partial charge in [0.2, 0.25) is 0 Å². The fourth-order valence-corrected chi connectivity index (χ4v) is 4.61. The minimum absolute atomic E-state index is 0.296. The third kappa shape index (κ3) is 3.53. The van der Waals surface area contributed by atoms with E-state index in [0.29, 0.717) is 28.1 Å². The molecule has 1 amide bonds. The number of benzene rings is 2. The molecular weight excluding hydrogens is 392 g/mol. The van der Waals surface area contributed by atoms with Gasteiger partial charge in [-0.3, -0.25) is 10.1 Å². The number of nitrogens with one attached hydrogen (secondary N) is 1. The lowest BCUT2D eigenvalue weighted by Gasteiger charge is -2.04. The van der Waals surface area contributed by atoms with Crippen molar-refractivity contribution in [3.05, 3.63) is 75.6 Å². The summed E-state index contributed by atoms with van der Waals surface area (Å²) in [5.41, 5.74) is 5.21. The van der Waals surface area contributed by atoms with E-state index < -0.39 is 0 Å². The molecule has 0 unspecified atom stereocenters. The number of aromatic nitrogens is 3. The zero-order valence-electron chi connectivity index (χ0n) is 15.8. The number of fused-ring (bicyclic) bond motifs is 1. The van der Waals surface area contributed by atoms with E-state index in [1.807, 2.05) is 37.3 Å². The Kier molecular flexibility index (Phi) is 4.91. The number of rotatable bonds is 4. The number of amides is 1. The minimum Gasteiger partial charge on any atom is -0.298 e. The van der Waals surface area contributed by atoms with Crippen molar-refractivity contribution in [3.8, 4) is 0 Å². The van der Waals surface area contributed by atoms with Crippen LogP contribution in [0, 0.1) is 20.8 Å². The lowest BCUT2D eigenvalue weighted by Crippen LogP contribution is -2.13. The van der Waals surface area contributed by atoms with E-state index in [0.717, 1.165) is 21.3 Å². The smallest absolute Gasteiger partial charge is 0.262 e. The number of nitrogens with zero attached hydrogens (tertiary/aromatic N) is 3. The molecule has 142 valence electrons. The van der Waals surface area contributed by atoms with Crippen molar-refractivity contribution in [2.24, 2.45) is 0 Å². The lowest BCUT2D eigenvalue weighted by molar-refractivity contribution is 0.102. The Morgan fingerprint density at radius 3 is 2.68 bits per heavy atom. The maximum absolute atomic E-state index is 12.9. The molecule has 4 rings (SSSR count). The minimum atomic E-state index is -0.296. The molecule has 4 aromatic rings. The summed E-state index contributed by atoms with van der Waals surface area (Å²) in [4.78, 5) is 17.4. The van der Waals surface area contributed by atoms with Gasteiger partial charge in [0, 0.05) is 0 Å². The molecule has 0 saturated carbocycles. The van der Waals surface area contributed by atoms with Crippen LogP contribution in [0.4, 0.5) is 5.13 Å². The van der Waals surface area contributed by atoms with E-state index in [9.17, 15) is 4.79 Å². The molecule has 2 heterocycles. The second kappa shape index (κ2) is 7.37. The van der Waals surface area contributed by atoms with Crippen LogP contribution in [0.1, 0.15) is 32.7 Å². The van der Waals surface area contributed by atoms with Crippen molar-refractivity contribution in [1.29, 1.82) is 0 Å². The van der Waals surface area contributed by atoms with E-state index in [4.69, 9.17) is 11.6 Å². The highest BCUT2D eigenvalue weighted by atomic mass is 35.5. The first-order valence-corrected chi connectivity index (χ1v) is 10.1. The molecule has 2 aromatic carbocycles. The first-order valence-electron chi connectivity index (χ1n) is 8.88. The lowest BCUT2D eigenvalue weighted by atomic mass is 10.1. The molecule has 5 nitrogen and oxygen atoms in total. The molecule has 0 atom stereocenters. The van der Waals surface area contributed by atoms with Gasteiger partial charge in [-0.1, -0.05) is 59.3 Å². The third-order valence-corrected chi connectivity index (χ3v) is 5.82. The average Bonchev–Trinajstić information content (AvgIpc) is 3.16. The molecule has 0 aliphatic rings. The largest absolute Gasteiger partial charge is 0.298 e. The third-order valence-electron chi connectivity index (χ3n) is 4.52. The number of hydrogen-bond acceptors (Lipinski definition) is 4. The second-order valence-electron chi connectivity index (χ2n) is 6.80. The predicted molar refractivity (Wildman–Crippen MR) is 115 cm³/mol. The first kappa shape index (κ1) is 18.7. The van der Waals surface area contributed by atoms with E-state index in [1.54, 1.807) is 11.6 Å². The molecule has 0 spiro atoms. The molecule has 0 saturated heterocycles. The van der Waals surface area contributed by atoms with Crippen LogP contribution in [0.3, 0.4) is 0 Å². The van der Waals surface area contributed by atoms with Crippen molar-refractivity contribution in [2.45, 2.75) is 27.3 Å². The van der Waals surface area contributed by atoms with Gasteiger partial charge in [-0.2, -0.15) is 5.10 Å². The van der Waals surface area contributed by atoms with Gasteiger partial charge >= 0.3 is 0 Å². The van der Waals surface area contributed by atoms with Crippen LogP contribution in [0.15, 0.2) is 42.5 Å². The first-order chi connectivity index (χ1) is 13.4. The predicted octanol–water partition coefficient (Wildman–Crippen LogP) is 5.37. The van der Waals surface area contributed by atoms with Gasteiger partial charge in [0.25, 0.3) is 5.91 Å². The van der Waals surface area contributed by atoms with E-state index in [1.165, 1.54) is 16.9 Å². The quantitative estimate of drug-likeness (QED) is 0.491. The fourth-order valence-electron chi connectivity index (χ4n) is 3.26. The van der Waals surface area contributed by atoms with Crippen LogP contribution in [-0.2, 0) is 6.54 Å². The summed E-state index contributed by atoms with van der Waals surface area (Å²) in [6.07, 6.45) is 0. The van der Waals surface area contributed by atoms with Crippen molar-refractivity contribution < 1.29 is 4.79 Å². The number of anilines is 1. The zero-order valence-corrected chi connectivity index (χ0v) is 17.4. The molecule has 0 aliphatic carbocycles. The van der Waals surface area contributed by atoms with Crippen LogP contribution in [0.5, 0.6) is 0 Å². The SMILES string of the molecule is Cc1cc(C)c2nc(NC(=O)c3c(C)nn(Cc4ccccc4)c3Cl)sc2c1. The summed E-state index contributed by atoms with van der Waals surface area (Å²) in [6, 6.07) is 14.0. The zero-order chi connectivity index (χ0) is 19.8. The summed E-state index contributed by atoms with van der Waals surface area (Å²) in [6.45, 7) is 6.37. The molecule has 0 radical (unpaired) electrons. The molecule has 7 heteroatoms. The van der Waals surface area contributed by atoms with Crippen molar-refractivity contribution in [3.63, 3.8) is 0 Å². The van der Waals surface area contributed by atoms with Crippen molar-refractivity contribution in [2.75, 3.05) is 5.32 Å². The van der Waals surface area contributed by atoms with Gasteiger partial charge in [-0.05, 0) is 43.5 Å². The van der Waals surface area contributed by atoms with E-state index in [2.05, 4.69) is 34.5 Å². The maximum Gasteiger partial charge on any atom is 0.262 e. The Morgan fingerprint density at radius 2 is 1.93 bits per heavy atom. The number of carbonyl (C=O) groups excluding carboxylic acids is 1. The molecule has 0 bridgehead atoms. The van der Waals surface area contributed by atoms with Gasteiger partial charge < -0.3 is 0 Å². The highest BCUT2D eigenvalue weighted by molar-refractivity contribution is 7.22. The summed E-state index contributed by atoms with van der Waals surface area (Å²) in [7, 11) is 0. The van der Waals surface area contributed by atoms with E-state index >= 15 is 0 Å². The second-order valence-corrected chi connectivity index (χ2v) is 8.18. The Morgan fingerprint density at radius 1 is 1.18 bits per heavy atom. The van der Waals surface area contributed by atoms with Crippen LogP contribution >= 0.6 is 22.9 Å². The van der Waals surface area contributed by atoms with E-state index in [-0.39, 0.29) is 5.91 Å². The molecule has 1 N–H and O–H groups in total. The normalized spacial score (nSPS) is 11.1. The van der Waals surface area contributed by atoms with Crippen LogP contribution in [-0.4, -0.2) is 20.7 Å². The number of halogens is 1. The summed E-state index contributed by atoms with van der Waals surface area (Å²) >= 11 is 7.94. The highest BCUT2D eigenvalue weighted by Crippen LogP contribution is 2.30. The summed E-state index contributed by atoms with van der Waals surface area (Å²) in [5.74, 6) is -0.296. The van der Waals surface area contributed by atoms with Gasteiger partial charge in [-0.25, -0.2) is 9.67 Å². The van der Waals surface area contributed by atoms with Gasteiger partial charge in [0.1, 0.15) is 5.15 Å². The number of aryl methyl sites for hydroxylation is 3. The number of hydrogen-bond donors (Lipinski definition) is 1. The van der Waals surface area contributed by atoms with Crippen LogP contribution < -0.4 is 5.32 Å². The van der Waals surface area contributed by atoms with Crippen LogP contribution in [0.2, 0.25) is 5.15 Å². The highest BCUT2D eigenvalue weighted by Gasteiger charge is 2.21. The maximum atomic E-state index is 12.9. The van der Waals surface area contributed by atoms with Gasteiger partial charge in [0.15, 0.2) is 5.13 Å². The fraction of sp³-hybridized carbons (Fsp3) is 0.190. The molecule has 0 fully saturated rings. The van der Waals surface area contributed by atoms with Crippen LogP contribution in [0.25, 0.3) is 10.2 Å². The molecular formula is C21H19ClN4OS. The molecule has 0 aliphatic heterocycles. The number of carbonyl (C=O) groups is 1. The standard InChI is InChI=1S/C21H19ClN4OS/c1-12-9-13(2)18-16(10-12)28-21(23-18)24-20(27)17-14(3)25-26(19(17)22)11-15-7-5-4-6-8-15/h4-10H,11H2,1-3H3,(H,23,24,27). The number of thiazole rings is 1.